The van der Waals surface area contributed by atoms with Crippen LogP contribution in [0.5, 0.6) is 0 Å². The van der Waals surface area contributed by atoms with Gasteiger partial charge in [0.05, 0.1) is 0 Å². The van der Waals surface area contributed by atoms with E-state index in [0.29, 0.717) is 50.0 Å². The Labute approximate surface area is 242 Å². The van der Waals surface area contributed by atoms with Gasteiger partial charge in [-0.25, -0.2) is 15.6 Å². The summed E-state index contributed by atoms with van der Waals surface area (Å²) < 4.78 is 4.83. The van der Waals surface area contributed by atoms with E-state index >= 15 is 0 Å². The van der Waals surface area contributed by atoms with E-state index in [9.17, 15) is 19.2 Å². The molecule has 14 nitrogen and oxygen atoms in total. The lowest BCUT2D eigenvalue weighted by Gasteiger charge is -2.12. The Balaban J connectivity index is 1.55. The molecule has 3 aromatic rings. The van der Waals surface area contributed by atoms with Gasteiger partial charge in [0, 0.05) is 42.6 Å². The highest BCUT2D eigenvalue weighted by atomic mass is 16.6. The van der Waals surface area contributed by atoms with Crippen LogP contribution in [0.15, 0.2) is 41.0 Å². The number of amides is 4. The molecule has 0 fully saturated rings. The van der Waals surface area contributed by atoms with Gasteiger partial charge in [0.15, 0.2) is 0 Å². The second-order valence-electron chi connectivity index (χ2n) is 9.74. The van der Waals surface area contributed by atoms with Gasteiger partial charge in [-0.15, -0.1) is 0 Å². The van der Waals surface area contributed by atoms with E-state index in [2.05, 4.69) is 26.3 Å². The first-order valence-corrected chi connectivity index (χ1v) is 14.0. The summed E-state index contributed by atoms with van der Waals surface area (Å²) in [4.78, 5) is 47.8. The summed E-state index contributed by atoms with van der Waals surface area (Å²) in [5.41, 5.74) is 4.15. The highest BCUT2D eigenvalue weighted by molar-refractivity contribution is 6.05. The maximum atomic E-state index is 13.0. The lowest BCUT2D eigenvalue weighted by Crippen LogP contribution is -2.25. The maximum absolute atomic E-state index is 13.0. The lowest BCUT2D eigenvalue weighted by atomic mass is 10.0. The van der Waals surface area contributed by atoms with Crippen LogP contribution >= 0.6 is 0 Å². The number of hydrogen-bond acceptors (Lipinski definition) is 10. The molecule has 0 spiro atoms. The van der Waals surface area contributed by atoms with Crippen molar-refractivity contribution in [2.45, 2.75) is 64.2 Å². The lowest BCUT2D eigenvalue weighted by molar-refractivity contribution is -0.130. The van der Waals surface area contributed by atoms with Gasteiger partial charge in [-0.2, -0.15) is 0 Å². The fourth-order valence-corrected chi connectivity index (χ4v) is 4.32. The molecule has 2 aromatic carbocycles. The predicted molar refractivity (Wildman–Crippen MR) is 152 cm³/mol. The molecule has 14 heteroatoms. The van der Waals surface area contributed by atoms with Gasteiger partial charge in [-0.1, -0.05) is 49.9 Å². The molecule has 0 aliphatic carbocycles. The normalized spacial score (nSPS) is 10.7. The standard InChI is InChI=1S/C28H37N7O7/c36-23(32-40)13-5-2-1-3-9-15-29-27(38)20-17-19-11-7-8-12-21(19)22(18-20)31-26-25(34-42-35-26)28(39)30-16-10-4-6-14-24(37)33-41/h7-8,11-12,17-18,40-41H,1-6,9-10,13-16H2,(H,29,38)(H,30,39)(H,31,35)(H,32,36)(H,33,37). The summed E-state index contributed by atoms with van der Waals surface area (Å²) in [6.07, 6.45) is 6.55. The summed E-state index contributed by atoms with van der Waals surface area (Å²) >= 11 is 0. The van der Waals surface area contributed by atoms with Crippen molar-refractivity contribution in [2.75, 3.05) is 18.4 Å². The van der Waals surface area contributed by atoms with Crippen LogP contribution in [0.3, 0.4) is 0 Å². The van der Waals surface area contributed by atoms with Crippen LogP contribution in [0.25, 0.3) is 10.8 Å². The number of carbonyl (C=O) groups is 4. The molecule has 4 amide bonds. The summed E-state index contributed by atoms with van der Waals surface area (Å²) in [5.74, 6) is -1.46. The number of nitrogens with one attached hydrogen (secondary N) is 5. The molecule has 226 valence electrons. The van der Waals surface area contributed by atoms with Gasteiger partial charge in [0.2, 0.25) is 23.3 Å². The molecule has 1 heterocycles. The van der Waals surface area contributed by atoms with Gasteiger partial charge in [0.25, 0.3) is 11.8 Å². The molecular formula is C28H37N7O7. The third-order valence-corrected chi connectivity index (χ3v) is 6.56. The minimum absolute atomic E-state index is 0.0365. The van der Waals surface area contributed by atoms with Crippen molar-refractivity contribution < 1.29 is 34.2 Å². The Kier molecular flexibility index (Phi) is 13.2. The van der Waals surface area contributed by atoms with E-state index in [1.807, 2.05) is 24.3 Å². The van der Waals surface area contributed by atoms with E-state index in [4.69, 9.17) is 15.0 Å². The minimum atomic E-state index is -0.485. The van der Waals surface area contributed by atoms with Crippen molar-refractivity contribution >= 4 is 45.9 Å². The molecule has 3 rings (SSSR count). The second-order valence-corrected chi connectivity index (χ2v) is 9.74. The number of carbonyl (C=O) groups excluding carboxylic acids is 4. The van der Waals surface area contributed by atoms with Crippen molar-refractivity contribution in [1.29, 1.82) is 0 Å². The van der Waals surface area contributed by atoms with Gasteiger partial charge >= 0.3 is 0 Å². The van der Waals surface area contributed by atoms with E-state index in [1.165, 1.54) is 0 Å². The van der Waals surface area contributed by atoms with Gasteiger partial charge < -0.3 is 16.0 Å². The smallest absolute Gasteiger partial charge is 0.277 e. The van der Waals surface area contributed by atoms with Crippen LogP contribution in [-0.2, 0) is 9.59 Å². The SMILES string of the molecule is O=C(CCCCCCCNC(=O)c1cc(Nc2nonc2C(=O)NCCCCCC(=O)NO)c2ccccc2c1)NO. The number of aromatic nitrogens is 2. The number of hydroxylamine groups is 2. The zero-order valence-electron chi connectivity index (χ0n) is 23.3. The molecule has 0 aliphatic heterocycles. The second kappa shape index (κ2) is 17.3. The molecular weight excluding hydrogens is 546 g/mol. The van der Waals surface area contributed by atoms with Crippen molar-refractivity contribution in [3.63, 3.8) is 0 Å². The first-order valence-electron chi connectivity index (χ1n) is 14.0. The van der Waals surface area contributed by atoms with Gasteiger partial charge in [0.1, 0.15) is 0 Å². The Bertz CT molecular complexity index is 1350. The van der Waals surface area contributed by atoms with Crippen molar-refractivity contribution in [1.82, 2.24) is 31.9 Å². The van der Waals surface area contributed by atoms with Gasteiger partial charge in [-0.05, 0) is 53.5 Å². The van der Waals surface area contributed by atoms with Crippen molar-refractivity contribution in [3.8, 4) is 0 Å². The van der Waals surface area contributed by atoms with Gasteiger partial charge in [-0.3, -0.25) is 29.6 Å². The van der Waals surface area contributed by atoms with Crippen LogP contribution in [0.2, 0.25) is 0 Å². The Morgan fingerprint density at radius 1 is 0.714 bits per heavy atom. The van der Waals surface area contributed by atoms with Crippen LogP contribution in [0.1, 0.15) is 85.1 Å². The van der Waals surface area contributed by atoms with E-state index in [1.54, 1.807) is 23.1 Å². The Morgan fingerprint density at radius 3 is 2.00 bits per heavy atom. The molecule has 0 saturated heterocycles. The summed E-state index contributed by atoms with van der Waals surface area (Å²) in [6, 6.07) is 11.0. The van der Waals surface area contributed by atoms with E-state index in [0.717, 1.165) is 36.5 Å². The van der Waals surface area contributed by atoms with Crippen LogP contribution < -0.4 is 26.9 Å². The fraction of sp³-hybridized carbons (Fsp3) is 0.429. The fourth-order valence-electron chi connectivity index (χ4n) is 4.32. The van der Waals surface area contributed by atoms with E-state index in [-0.39, 0.29) is 36.2 Å². The molecule has 0 aliphatic rings. The highest BCUT2D eigenvalue weighted by Gasteiger charge is 2.20. The average molecular weight is 584 g/mol. The van der Waals surface area contributed by atoms with E-state index < -0.39 is 11.8 Å². The minimum Gasteiger partial charge on any atom is -0.352 e. The first kappa shape index (κ1) is 32.0. The number of unbranched alkanes of at least 4 members (excludes halogenated alkanes) is 6. The van der Waals surface area contributed by atoms with Crippen LogP contribution in [0.4, 0.5) is 11.5 Å². The largest absolute Gasteiger partial charge is 0.352 e. The summed E-state index contributed by atoms with van der Waals surface area (Å²) in [6.45, 7) is 0.850. The number of benzene rings is 2. The van der Waals surface area contributed by atoms with Crippen LogP contribution in [0, 0.1) is 0 Å². The quantitative estimate of drug-likeness (QED) is 0.0660. The molecule has 0 saturated carbocycles. The molecule has 0 atom stereocenters. The Hall–Kier alpha value is -4.56. The van der Waals surface area contributed by atoms with Crippen molar-refractivity contribution in [3.05, 3.63) is 47.7 Å². The monoisotopic (exact) mass is 583 g/mol. The molecule has 42 heavy (non-hydrogen) atoms. The number of fused-ring (bicyclic) bond motifs is 1. The third-order valence-electron chi connectivity index (χ3n) is 6.56. The predicted octanol–water partition coefficient (Wildman–Crippen LogP) is 3.34. The molecule has 0 unspecified atom stereocenters. The highest BCUT2D eigenvalue weighted by Crippen LogP contribution is 2.29. The topological polar surface area (TPSA) is 208 Å². The number of anilines is 2. The number of nitrogens with zero attached hydrogens (tertiary/aromatic N) is 2. The third kappa shape index (κ3) is 10.1. The maximum Gasteiger partial charge on any atom is 0.277 e. The van der Waals surface area contributed by atoms with Crippen molar-refractivity contribution in [2.24, 2.45) is 0 Å². The Morgan fingerprint density at radius 2 is 1.31 bits per heavy atom. The number of hydrogen-bond donors (Lipinski definition) is 7. The van der Waals surface area contributed by atoms with Crippen LogP contribution in [-0.4, -0.2) is 57.4 Å². The zero-order chi connectivity index (χ0) is 30.2. The molecule has 0 bridgehead atoms. The summed E-state index contributed by atoms with van der Waals surface area (Å²) in [5, 5.41) is 35.0. The molecule has 1 aromatic heterocycles. The summed E-state index contributed by atoms with van der Waals surface area (Å²) in [7, 11) is 0. The zero-order valence-corrected chi connectivity index (χ0v) is 23.3. The first-order chi connectivity index (χ1) is 20.4. The number of rotatable bonds is 18. The molecule has 0 radical (unpaired) electrons. The average Bonchev–Trinajstić information content (AvgIpc) is 3.47. The molecule has 7 N–H and O–H groups in total.